The molecule has 7 nitrogen and oxygen atoms in total. The summed E-state index contributed by atoms with van der Waals surface area (Å²) in [7, 11) is -2.49. The van der Waals surface area contributed by atoms with Gasteiger partial charge in [-0.1, -0.05) is 13.0 Å². The van der Waals surface area contributed by atoms with Crippen molar-refractivity contribution in [3.8, 4) is 5.75 Å². The molecule has 166 valence electrons. The van der Waals surface area contributed by atoms with E-state index >= 15 is 0 Å². The number of carbonyl (C=O) groups excluding carboxylic acids is 1. The topological polar surface area (TPSA) is 90.8 Å². The minimum atomic E-state index is -4.92. The summed E-state index contributed by atoms with van der Waals surface area (Å²) in [6.45, 7) is 2.28. The highest BCUT2D eigenvalue weighted by Crippen LogP contribution is 2.44. The van der Waals surface area contributed by atoms with Crippen LogP contribution in [0.3, 0.4) is 0 Å². The molecular formula is C19H24F3N3O4S. The van der Waals surface area contributed by atoms with Crippen LogP contribution < -0.4 is 4.74 Å². The van der Waals surface area contributed by atoms with Crippen LogP contribution in [0.2, 0.25) is 0 Å². The zero-order valence-corrected chi connectivity index (χ0v) is 17.5. The first-order valence-corrected chi connectivity index (χ1v) is 11.0. The average Bonchev–Trinajstić information content (AvgIpc) is 2.65. The number of amides is 1. The van der Waals surface area contributed by atoms with E-state index in [0.29, 0.717) is 19.3 Å². The number of hydrogen-bond donors (Lipinski definition) is 1. The molecule has 0 aromatic heterocycles. The van der Waals surface area contributed by atoms with Gasteiger partial charge in [0.05, 0.1) is 4.90 Å². The van der Waals surface area contributed by atoms with Gasteiger partial charge in [-0.05, 0) is 36.3 Å². The molecule has 2 aliphatic heterocycles. The van der Waals surface area contributed by atoms with Crippen molar-refractivity contribution < 1.29 is 31.1 Å². The summed E-state index contributed by atoms with van der Waals surface area (Å²) in [6.07, 6.45) is -3.06. The predicted octanol–water partition coefficient (Wildman–Crippen LogP) is 3.22. The number of carbonyl (C=O) groups is 1. The Morgan fingerprint density at radius 3 is 2.60 bits per heavy atom. The summed E-state index contributed by atoms with van der Waals surface area (Å²) < 4.78 is 68.7. The maximum absolute atomic E-state index is 13.1. The number of sulfonamides is 1. The van der Waals surface area contributed by atoms with Crippen LogP contribution in [0.15, 0.2) is 29.2 Å². The number of rotatable bonds is 4. The first-order valence-electron chi connectivity index (χ1n) is 9.52. The molecule has 2 heterocycles. The van der Waals surface area contributed by atoms with Crippen LogP contribution in [0.25, 0.3) is 0 Å². The van der Waals surface area contributed by atoms with E-state index in [1.807, 2.05) is 6.92 Å². The minimum Gasteiger partial charge on any atom is -0.406 e. The summed E-state index contributed by atoms with van der Waals surface area (Å²) in [5, 5.41) is 8.07. The van der Waals surface area contributed by atoms with Crippen molar-refractivity contribution in [2.75, 3.05) is 20.1 Å². The van der Waals surface area contributed by atoms with Gasteiger partial charge in [0.2, 0.25) is 15.9 Å². The van der Waals surface area contributed by atoms with Gasteiger partial charge < -0.3 is 9.64 Å². The second-order valence-corrected chi connectivity index (χ2v) is 10.1. The number of nitrogens with zero attached hydrogens (tertiary/aromatic N) is 2. The molecule has 0 aliphatic carbocycles. The lowest BCUT2D eigenvalue weighted by atomic mass is 9.67. The van der Waals surface area contributed by atoms with E-state index in [4.69, 9.17) is 5.41 Å². The minimum absolute atomic E-state index is 0.145. The van der Waals surface area contributed by atoms with Gasteiger partial charge in [-0.15, -0.1) is 13.2 Å². The molecule has 1 N–H and O–H groups in total. The van der Waals surface area contributed by atoms with Crippen LogP contribution in [-0.4, -0.2) is 55.9 Å². The Bertz CT molecular complexity index is 931. The first-order chi connectivity index (χ1) is 13.8. The molecule has 1 amide bonds. The van der Waals surface area contributed by atoms with Crippen molar-refractivity contribution in [2.24, 2.45) is 11.3 Å². The van der Waals surface area contributed by atoms with Crippen molar-refractivity contribution in [2.45, 2.75) is 43.9 Å². The van der Waals surface area contributed by atoms with Gasteiger partial charge in [-0.25, -0.2) is 8.42 Å². The van der Waals surface area contributed by atoms with Crippen LogP contribution in [0.5, 0.6) is 5.75 Å². The lowest BCUT2D eigenvalue weighted by molar-refractivity contribution is -0.274. The quantitative estimate of drug-likeness (QED) is 0.767. The third-order valence-electron chi connectivity index (χ3n) is 5.95. The number of benzene rings is 1. The maximum atomic E-state index is 13.1. The highest BCUT2D eigenvalue weighted by Gasteiger charge is 2.45. The van der Waals surface area contributed by atoms with Crippen molar-refractivity contribution >= 4 is 21.8 Å². The molecule has 1 unspecified atom stereocenters. The van der Waals surface area contributed by atoms with E-state index in [-0.39, 0.29) is 42.1 Å². The van der Waals surface area contributed by atoms with Gasteiger partial charge in [0.1, 0.15) is 11.6 Å². The second-order valence-electron chi connectivity index (χ2n) is 8.13. The first kappa shape index (κ1) is 22.5. The monoisotopic (exact) mass is 447 g/mol. The number of piperidine rings is 2. The van der Waals surface area contributed by atoms with Gasteiger partial charge in [-0.2, -0.15) is 4.31 Å². The number of likely N-dealkylation sites (tertiary alicyclic amines) is 1. The largest absolute Gasteiger partial charge is 0.573 e. The van der Waals surface area contributed by atoms with Crippen LogP contribution in [0.4, 0.5) is 13.2 Å². The lowest BCUT2D eigenvalue weighted by Gasteiger charge is -2.46. The number of nitrogens with one attached hydrogen (secondary N) is 1. The van der Waals surface area contributed by atoms with Crippen LogP contribution in [0.1, 0.15) is 32.6 Å². The van der Waals surface area contributed by atoms with Gasteiger partial charge in [0.25, 0.3) is 0 Å². The third kappa shape index (κ3) is 4.61. The van der Waals surface area contributed by atoms with E-state index in [1.165, 1.54) is 21.3 Å². The Morgan fingerprint density at radius 1 is 1.27 bits per heavy atom. The predicted molar refractivity (Wildman–Crippen MR) is 102 cm³/mol. The Hall–Kier alpha value is -2.14. The van der Waals surface area contributed by atoms with Gasteiger partial charge in [0, 0.05) is 39.0 Å². The molecule has 0 saturated carbocycles. The highest BCUT2D eigenvalue weighted by molar-refractivity contribution is 7.89. The van der Waals surface area contributed by atoms with Crippen molar-refractivity contribution in [1.29, 1.82) is 5.41 Å². The summed E-state index contributed by atoms with van der Waals surface area (Å²) in [4.78, 5) is 13.3. The molecule has 2 saturated heterocycles. The van der Waals surface area contributed by atoms with E-state index < -0.39 is 27.6 Å². The molecule has 0 bridgehead atoms. The average molecular weight is 447 g/mol. The molecule has 2 atom stereocenters. The number of amidine groups is 1. The molecule has 30 heavy (non-hydrogen) atoms. The molecule has 2 aliphatic rings. The fourth-order valence-corrected chi connectivity index (χ4v) is 5.74. The summed E-state index contributed by atoms with van der Waals surface area (Å²) >= 11 is 0. The maximum Gasteiger partial charge on any atom is 0.573 e. The Labute approximate surface area is 173 Å². The highest BCUT2D eigenvalue weighted by atomic mass is 32.2. The standard InChI is InChI=1S/C19H24F3N3O4S/c1-18(10-16(23)24(2)17(26)11-18)13-5-4-8-25(12-13)30(27,28)15-7-3-6-14(9-15)29-19(20,21)22/h3,6-7,9,13,23H,4-5,8,10-12H2,1-2H3/t13?,18-/m0/s1. The van der Waals surface area contributed by atoms with Crippen molar-refractivity contribution in [1.82, 2.24) is 9.21 Å². The molecule has 2 fully saturated rings. The third-order valence-corrected chi connectivity index (χ3v) is 7.81. The SMILES string of the molecule is CN1C(=N)C[C@](C)(C2CCCN(S(=O)(=O)c3cccc(OC(F)(F)F)c3)C2)CC1=O. The molecular weight excluding hydrogens is 423 g/mol. The van der Waals surface area contributed by atoms with Crippen LogP contribution in [0, 0.1) is 16.7 Å². The van der Waals surface area contributed by atoms with Crippen molar-refractivity contribution in [3.63, 3.8) is 0 Å². The zero-order chi connectivity index (χ0) is 22.3. The molecule has 3 rings (SSSR count). The zero-order valence-electron chi connectivity index (χ0n) is 16.7. The fraction of sp³-hybridized carbons (Fsp3) is 0.579. The van der Waals surface area contributed by atoms with Gasteiger partial charge in [0.15, 0.2) is 0 Å². The number of alkyl halides is 3. The smallest absolute Gasteiger partial charge is 0.406 e. The number of hydrogen-bond acceptors (Lipinski definition) is 5. The van der Waals surface area contributed by atoms with E-state index in [1.54, 1.807) is 7.05 Å². The molecule has 0 spiro atoms. The van der Waals surface area contributed by atoms with E-state index in [0.717, 1.165) is 12.1 Å². The Morgan fingerprint density at radius 2 is 1.97 bits per heavy atom. The number of halogens is 3. The molecule has 0 radical (unpaired) electrons. The van der Waals surface area contributed by atoms with Crippen LogP contribution >= 0.6 is 0 Å². The Balaban J connectivity index is 1.82. The fourth-order valence-electron chi connectivity index (χ4n) is 4.18. The summed E-state index contributed by atoms with van der Waals surface area (Å²) in [6, 6.07) is 4.34. The molecule has 1 aromatic rings. The molecule has 11 heteroatoms. The second kappa shape index (κ2) is 7.84. The van der Waals surface area contributed by atoms with E-state index in [2.05, 4.69) is 4.74 Å². The number of ether oxygens (including phenoxy) is 1. The van der Waals surface area contributed by atoms with E-state index in [9.17, 15) is 26.4 Å². The normalized spacial score (nSPS) is 26.7. The summed E-state index contributed by atoms with van der Waals surface area (Å²) in [5.41, 5.74) is -0.546. The van der Waals surface area contributed by atoms with Gasteiger partial charge >= 0.3 is 6.36 Å². The van der Waals surface area contributed by atoms with Crippen molar-refractivity contribution in [3.05, 3.63) is 24.3 Å². The summed E-state index contributed by atoms with van der Waals surface area (Å²) in [5.74, 6) is -0.719. The Kier molecular flexibility index (Phi) is 5.89. The molecule has 1 aromatic carbocycles. The van der Waals surface area contributed by atoms with Crippen LogP contribution in [-0.2, 0) is 14.8 Å². The van der Waals surface area contributed by atoms with Gasteiger partial charge in [-0.3, -0.25) is 10.2 Å². The lowest BCUT2D eigenvalue weighted by Crippen LogP contribution is -2.51.